The highest BCUT2D eigenvalue weighted by Crippen LogP contribution is 2.31. The molecule has 122 valence electrons. The van der Waals surface area contributed by atoms with Gasteiger partial charge in [0.1, 0.15) is 0 Å². The maximum absolute atomic E-state index is 12.8. The van der Waals surface area contributed by atoms with Crippen LogP contribution in [0.2, 0.25) is 5.02 Å². The van der Waals surface area contributed by atoms with Crippen LogP contribution in [0.1, 0.15) is 11.1 Å². The van der Waals surface area contributed by atoms with E-state index in [1.807, 2.05) is 0 Å². The molecule has 0 atom stereocenters. The van der Waals surface area contributed by atoms with Crippen LogP contribution in [0.15, 0.2) is 48.5 Å². The quantitative estimate of drug-likeness (QED) is 0.829. The number of hydrogen-bond acceptors (Lipinski definition) is 1. The monoisotopic (exact) mass is 342 g/mol. The van der Waals surface area contributed by atoms with Gasteiger partial charge in [-0.15, -0.1) is 0 Å². The SMILES string of the molecule is O=C(NCCc1ccccc1C(F)(F)F)Nc1ccc(Cl)cc1. The number of urea groups is 1. The van der Waals surface area contributed by atoms with Gasteiger partial charge in [0.25, 0.3) is 0 Å². The Balaban J connectivity index is 1.88. The lowest BCUT2D eigenvalue weighted by Gasteiger charge is -2.13. The zero-order chi connectivity index (χ0) is 16.9. The normalized spacial score (nSPS) is 11.1. The Kier molecular flexibility index (Phi) is 5.50. The van der Waals surface area contributed by atoms with Crippen molar-refractivity contribution in [1.82, 2.24) is 5.32 Å². The first-order chi connectivity index (χ1) is 10.9. The summed E-state index contributed by atoms with van der Waals surface area (Å²) in [7, 11) is 0. The minimum Gasteiger partial charge on any atom is -0.338 e. The highest BCUT2D eigenvalue weighted by Gasteiger charge is 2.32. The van der Waals surface area contributed by atoms with Crippen LogP contribution in [-0.4, -0.2) is 12.6 Å². The van der Waals surface area contributed by atoms with Crippen molar-refractivity contribution < 1.29 is 18.0 Å². The molecule has 0 aromatic heterocycles. The van der Waals surface area contributed by atoms with Gasteiger partial charge in [0.05, 0.1) is 5.56 Å². The first-order valence-corrected chi connectivity index (χ1v) is 7.19. The third-order valence-corrected chi connectivity index (χ3v) is 3.36. The van der Waals surface area contributed by atoms with Crippen LogP contribution in [0.25, 0.3) is 0 Å². The van der Waals surface area contributed by atoms with Gasteiger partial charge in [-0.05, 0) is 42.3 Å². The molecule has 2 rings (SSSR count). The highest BCUT2D eigenvalue weighted by molar-refractivity contribution is 6.30. The number of hydrogen-bond donors (Lipinski definition) is 2. The standard InChI is InChI=1S/C16H14ClF3N2O/c17-12-5-7-13(8-6-12)22-15(23)21-10-9-11-3-1-2-4-14(11)16(18,19)20/h1-8H,9-10H2,(H2,21,22,23). The van der Waals surface area contributed by atoms with E-state index in [1.54, 1.807) is 30.3 Å². The molecule has 0 spiro atoms. The number of halogens is 4. The first kappa shape index (κ1) is 17.1. The Hall–Kier alpha value is -2.21. The summed E-state index contributed by atoms with van der Waals surface area (Å²) in [5, 5.41) is 5.63. The van der Waals surface area contributed by atoms with Crippen molar-refractivity contribution in [3.05, 3.63) is 64.7 Å². The predicted octanol–water partition coefficient (Wildman–Crippen LogP) is 4.72. The fraction of sp³-hybridized carbons (Fsp3) is 0.188. The summed E-state index contributed by atoms with van der Waals surface area (Å²) in [6, 6.07) is 11.3. The molecular formula is C16H14ClF3N2O. The summed E-state index contributed by atoms with van der Waals surface area (Å²) in [5.74, 6) is 0. The molecule has 23 heavy (non-hydrogen) atoms. The Morgan fingerprint density at radius 2 is 1.70 bits per heavy atom. The van der Waals surface area contributed by atoms with Crippen LogP contribution in [0.4, 0.5) is 23.7 Å². The summed E-state index contributed by atoms with van der Waals surface area (Å²) >= 11 is 5.73. The van der Waals surface area contributed by atoms with Gasteiger partial charge in [0, 0.05) is 17.3 Å². The zero-order valence-corrected chi connectivity index (χ0v) is 12.7. The number of carbonyl (C=O) groups excluding carboxylic acids is 1. The first-order valence-electron chi connectivity index (χ1n) is 6.82. The van der Waals surface area contributed by atoms with Gasteiger partial charge in [0.2, 0.25) is 0 Å². The Labute approximate surface area is 136 Å². The number of anilines is 1. The lowest BCUT2D eigenvalue weighted by Crippen LogP contribution is -2.30. The maximum atomic E-state index is 12.8. The van der Waals surface area contributed by atoms with Gasteiger partial charge >= 0.3 is 12.2 Å². The molecule has 0 saturated heterocycles. The number of nitrogens with one attached hydrogen (secondary N) is 2. The van der Waals surface area contributed by atoms with Crippen LogP contribution in [-0.2, 0) is 12.6 Å². The molecule has 0 aliphatic rings. The maximum Gasteiger partial charge on any atom is 0.416 e. The van der Waals surface area contributed by atoms with E-state index in [0.29, 0.717) is 10.7 Å². The average molecular weight is 343 g/mol. The highest BCUT2D eigenvalue weighted by atomic mass is 35.5. The molecule has 0 saturated carbocycles. The fourth-order valence-corrected chi connectivity index (χ4v) is 2.16. The number of carbonyl (C=O) groups is 1. The molecule has 0 heterocycles. The zero-order valence-electron chi connectivity index (χ0n) is 12.0. The Morgan fingerprint density at radius 3 is 2.35 bits per heavy atom. The molecule has 2 aromatic rings. The van der Waals surface area contributed by atoms with Crippen molar-refractivity contribution in [2.24, 2.45) is 0 Å². The molecule has 7 heteroatoms. The molecule has 0 bridgehead atoms. The minimum absolute atomic E-state index is 0.0870. The minimum atomic E-state index is -4.40. The van der Waals surface area contributed by atoms with Gasteiger partial charge in [-0.25, -0.2) is 4.79 Å². The molecule has 2 aromatic carbocycles. The van der Waals surface area contributed by atoms with E-state index >= 15 is 0 Å². The summed E-state index contributed by atoms with van der Waals surface area (Å²) in [4.78, 5) is 11.7. The number of benzene rings is 2. The summed E-state index contributed by atoms with van der Waals surface area (Å²) in [6.07, 6.45) is -4.31. The lowest BCUT2D eigenvalue weighted by atomic mass is 10.0. The van der Waals surface area contributed by atoms with E-state index in [0.717, 1.165) is 6.07 Å². The van der Waals surface area contributed by atoms with Crippen molar-refractivity contribution in [2.75, 3.05) is 11.9 Å². The average Bonchev–Trinajstić information content (AvgIpc) is 2.49. The fourth-order valence-electron chi connectivity index (χ4n) is 2.03. The molecule has 0 unspecified atom stereocenters. The summed E-state index contributed by atoms with van der Waals surface area (Å²) in [5.41, 5.74) is 0.00861. The number of rotatable bonds is 4. The van der Waals surface area contributed by atoms with E-state index in [4.69, 9.17) is 11.6 Å². The third-order valence-electron chi connectivity index (χ3n) is 3.10. The van der Waals surface area contributed by atoms with Crippen LogP contribution in [0.3, 0.4) is 0 Å². The second kappa shape index (κ2) is 7.37. The van der Waals surface area contributed by atoms with Crippen molar-refractivity contribution >= 4 is 23.3 Å². The largest absolute Gasteiger partial charge is 0.416 e. The summed E-state index contributed by atoms with van der Waals surface area (Å²) < 4.78 is 38.5. The van der Waals surface area contributed by atoms with Crippen molar-refractivity contribution in [2.45, 2.75) is 12.6 Å². The van der Waals surface area contributed by atoms with Crippen molar-refractivity contribution in [1.29, 1.82) is 0 Å². The molecule has 0 aliphatic heterocycles. The molecule has 0 radical (unpaired) electrons. The predicted molar refractivity (Wildman–Crippen MR) is 83.6 cm³/mol. The van der Waals surface area contributed by atoms with Gasteiger partial charge in [-0.2, -0.15) is 13.2 Å². The van der Waals surface area contributed by atoms with E-state index in [1.165, 1.54) is 12.1 Å². The van der Waals surface area contributed by atoms with Crippen LogP contribution < -0.4 is 10.6 Å². The Bertz CT molecular complexity index is 672. The van der Waals surface area contributed by atoms with Crippen LogP contribution >= 0.6 is 11.6 Å². The van der Waals surface area contributed by atoms with Gasteiger partial charge in [-0.3, -0.25) is 0 Å². The summed E-state index contributed by atoms with van der Waals surface area (Å²) in [6.45, 7) is 0.0898. The van der Waals surface area contributed by atoms with Gasteiger partial charge < -0.3 is 10.6 Å². The van der Waals surface area contributed by atoms with Gasteiger partial charge in [-0.1, -0.05) is 29.8 Å². The van der Waals surface area contributed by atoms with Crippen LogP contribution in [0.5, 0.6) is 0 Å². The third kappa shape index (κ3) is 5.17. The second-order valence-electron chi connectivity index (χ2n) is 4.79. The molecule has 0 aliphatic carbocycles. The van der Waals surface area contributed by atoms with E-state index in [-0.39, 0.29) is 18.5 Å². The molecular weight excluding hydrogens is 329 g/mol. The van der Waals surface area contributed by atoms with Gasteiger partial charge in [0.15, 0.2) is 0 Å². The lowest BCUT2D eigenvalue weighted by molar-refractivity contribution is -0.138. The molecule has 2 N–H and O–H groups in total. The number of amides is 2. The smallest absolute Gasteiger partial charge is 0.338 e. The van der Waals surface area contributed by atoms with E-state index < -0.39 is 17.8 Å². The van der Waals surface area contributed by atoms with Crippen molar-refractivity contribution in [3.8, 4) is 0 Å². The number of alkyl halides is 3. The molecule has 2 amide bonds. The van der Waals surface area contributed by atoms with Crippen LogP contribution in [0, 0.1) is 0 Å². The molecule has 0 fully saturated rings. The topological polar surface area (TPSA) is 41.1 Å². The Morgan fingerprint density at radius 1 is 1.04 bits per heavy atom. The van der Waals surface area contributed by atoms with E-state index in [2.05, 4.69) is 10.6 Å². The molecule has 3 nitrogen and oxygen atoms in total. The second-order valence-corrected chi connectivity index (χ2v) is 5.23. The van der Waals surface area contributed by atoms with Crippen molar-refractivity contribution in [3.63, 3.8) is 0 Å². The van der Waals surface area contributed by atoms with E-state index in [9.17, 15) is 18.0 Å².